The molecule has 3 amide bonds. The molecule has 0 aliphatic heterocycles. The van der Waals surface area contributed by atoms with Crippen LogP contribution in [0.1, 0.15) is 22.8 Å². The van der Waals surface area contributed by atoms with Gasteiger partial charge in [-0.05, 0) is 67.6 Å². The van der Waals surface area contributed by atoms with Gasteiger partial charge in [-0.1, -0.05) is 48.5 Å². The smallest absolute Gasteiger partial charge is 0.276 e. The number of benzene rings is 4. The van der Waals surface area contributed by atoms with Crippen molar-refractivity contribution >= 4 is 52.6 Å². The number of nitro groups is 1. The van der Waals surface area contributed by atoms with E-state index in [1.54, 1.807) is 67.6 Å². The molecule has 0 aliphatic rings. The lowest BCUT2D eigenvalue weighted by atomic mass is 10.1. The summed E-state index contributed by atoms with van der Waals surface area (Å²) in [6, 6.07) is 30.3. The van der Waals surface area contributed by atoms with Crippen LogP contribution in [-0.2, 0) is 9.59 Å². The number of nitro benzene ring substituents is 1. The van der Waals surface area contributed by atoms with E-state index in [9.17, 15) is 24.5 Å². The van der Waals surface area contributed by atoms with Crippen molar-refractivity contribution in [1.29, 1.82) is 0 Å². The molecule has 0 saturated carbocycles. The van der Waals surface area contributed by atoms with Crippen molar-refractivity contribution in [3.63, 3.8) is 0 Å². The second-order valence-corrected chi connectivity index (χ2v) is 10.2. The summed E-state index contributed by atoms with van der Waals surface area (Å²) in [5.41, 5.74) is 1.25. The number of amides is 3. The molecular formula is C31H26N4O5S. The fraction of sp³-hybridized carbons (Fsp3) is 0.0645. The quantitative estimate of drug-likeness (QED) is 0.0917. The van der Waals surface area contributed by atoms with Crippen LogP contribution in [0.4, 0.5) is 17.1 Å². The van der Waals surface area contributed by atoms with E-state index in [1.165, 1.54) is 36.0 Å². The van der Waals surface area contributed by atoms with Gasteiger partial charge in [0.05, 0.1) is 15.7 Å². The highest BCUT2D eigenvalue weighted by Gasteiger charge is 2.19. The van der Waals surface area contributed by atoms with Crippen LogP contribution in [0.5, 0.6) is 0 Å². The minimum Gasteiger partial charge on any atom is -0.325 e. The number of para-hydroxylation sites is 2. The van der Waals surface area contributed by atoms with Gasteiger partial charge in [0.15, 0.2) is 0 Å². The average Bonchev–Trinajstić information content (AvgIpc) is 2.98. The molecule has 4 aromatic carbocycles. The van der Waals surface area contributed by atoms with E-state index in [4.69, 9.17) is 0 Å². The average molecular weight is 567 g/mol. The molecule has 0 aliphatic carbocycles. The maximum atomic E-state index is 13.3. The lowest BCUT2D eigenvalue weighted by Crippen LogP contribution is -2.30. The molecule has 0 heterocycles. The molecule has 1 unspecified atom stereocenters. The molecule has 41 heavy (non-hydrogen) atoms. The number of anilines is 2. The first-order valence-electron chi connectivity index (χ1n) is 12.6. The number of carbonyl (C=O) groups is 3. The molecule has 3 N–H and O–H groups in total. The molecule has 4 aromatic rings. The minimum absolute atomic E-state index is 0.141. The largest absolute Gasteiger partial charge is 0.325 e. The number of nitrogens with zero attached hydrogens (tertiary/aromatic N) is 1. The molecule has 0 bridgehead atoms. The molecule has 10 heteroatoms. The van der Waals surface area contributed by atoms with Gasteiger partial charge >= 0.3 is 0 Å². The number of thioether (sulfide) groups is 1. The van der Waals surface area contributed by atoms with Crippen molar-refractivity contribution in [3.8, 4) is 0 Å². The Bertz CT molecular complexity index is 1580. The highest BCUT2D eigenvalue weighted by molar-refractivity contribution is 8.00. The van der Waals surface area contributed by atoms with Gasteiger partial charge in [0.25, 0.3) is 17.5 Å². The van der Waals surface area contributed by atoms with Gasteiger partial charge in [0.1, 0.15) is 5.70 Å². The van der Waals surface area contributed by atoms with E-state index in [0.717, 1.165) is 4.90 Å². The molecule has 0 saturated heterocycles. The van der Waals surface area contributed by atoms with Gasteiger partial charge in [-0.3, -0.25) is 24.5 Å². The van der Waals surface area contributed by atoms with E-state index in [1.807, 2.05) is 30.3 Å². The summed E-state index contributed by atoms with van der Waals surface area (Å²) in [7, 11) is 0. The summed E-state index contributed by atoms with van der Waals surface area (Å²) < 4.78 is 0. The summed E-state index contributed by atoms with van der Waals surface area (Å²) in [5.74, 6) is -1.35. The molecule has 4 rings (SSSR count). The molecule has 9 nitrogen and oxygen atoms in total. The third-order valence-electron chi connectivity index (χ3n) is 5.80. The Hall–Kier alpha value is -5.22. The zero-order valence-corrected chi connectivity index (χ0v) is 22.8. The van der Waals surface area contributed by atoms with Crippen LogP contribution in [0.3, 0.4) is 0 Å². The van der Waals surface area contributed by atoms with Gasteiger partial charge in [0.2, 0.25) is 5.91 Å². The highest BCUT2D eigenvalue weighted by Crippen LogP contribution is 2.26. The minimum atomic E-state index is -0.663. The van der Waals surface area contributed by atoms with E-state index in [-0.39, 0.29) is 28.1 Å². The fourth-order valence-corrected chi connectivity index (χ4v) is 4.58. The van der Waals surface area contributed by atoms with Crippen molar-refractivity contribution in [2.75, 3.05) is 10.6 Å². The van der Waals surface area contributed by atoms with Crippen molar-refractivity contribution < 1.29 is 19.3 Å². The van der Waals surface area contributed by atoms with Crippen LogP contribution in [0.2, 0.25) is 0 Å². The Morgan fingerprint density at radius 3 is 2.02 bits per heavy atom. The predicted octanol–water partition coefficient (Wildman–Crippen LogP) is 6.12. The zero-order valence-electron chi connectivity index (χ0n) is 21.9. The Morgan fingerprint density at radius 2 is 1.37 bits per heavy atom. The normalized spacial score (nSPS) is 11.7. The second kappa shape index (κ2) is 13.7. The number of hydrogen-bond donors (Lipinski definition) is 3. The summed E-state index contributed by atoms with van der Waals surface area (Å²) in [6.45, 7) is 1.80. The highest BCUT2D eigenvalue weighted by atomic mass is 32.2. The van der Waals surface area contributed by atoms with Crippen LogP contribution < -0.4 is 16.0 Å². The Labute approximate surface area is 240 Å². The number of carbonyl (C=O) groups excluding carboxylic acids is 3. The summed E-state index contributed by atoms with van der Waals surface area (Å²) in [6.07, 6.45) is 1.27. The number of rotatable bonds is 10. The summed E-state index contributed by atoms with van der Waals surface area (Å²) >= 11 is 1.36. The number of hydrogen-bond acceptors (Lipinski definition) is 6. The van der Waals surface area contributed by atoms with Gasteiger partial charge < -0.3 is 16.0 Å². The maximum absolute atomic E-state index is 13.3. The Morgan fingerprint density at radius 1 is 0.780 bits per heavy atom. The molecule has 1 atom stereocenters. The first kappa shape index (κ1) is 28.8. The zero-order chi connectivity index (χ0) is 29.2. The Kier molecular flexibility index (Phi) is 9.63. The SMILES string of the molecule is CC(Sc1ccc(NC(=O)/C(=C/c2ccccc2[N+](=O)[O-])NC(=O)c2ccccc2)cc1)C(=O)Nc1ccccc1. The topological polar surface area (TPSA) is 130 Å². The van der Waals surface area contributed by atoms with Crippen molar-refractivity contribution in [2.24, 2.45) is 0 Å². The van der Waals surface area contributed by atoms with E-state index < -0.39 is 16.7 Å². The number of nitrogens with one attached hydrogen (secondary N) is 3. The maximum Gasteiger partial charge on any atom is 0.276 e. The second-order valence-electron chi connectivity index (χ2n) is 8.79. The van der Waals surface area contributed by atoms with Gasteiger partial charge in [-0.25, -0.2) is 0 Å². The predicted molar refractivity (Wildman–Crippen MR) is 160 cm³/mol. The van der Waals surface area contributed by atoms with E-state index in [2.05, 4.69) is 16.0 Å². The standard InChI is InChI=1S/C31H26N4O5S/c1-21(29(36)32-24-13-6-3-7-14-24)41-26-18-16-25(17-19-26)33-31(38)27(34-30(37)22-10-4-2-5-11-22)20-23-12-8-9-15-28(23)35(39)40/h2-21H,1H3,(H,32,36)(H,33,38)(H,34,37)/b27-20-. The molecular weight excluding hydrogens is 540 g/mol. The lowest BCUT2D eigenvalue weighted by molar-refractivity contribution is -0.385. The van der Waals surface area contributed by atoms with E-state index >= 15 is 0 Å². The third-order valence-corrected chi connectivity index (χ3v) is 6.91. The van der Waals surface area contributed by atoms with Crippen molar-refractivity contribution in [1.82, 2.24) is 5.32 Å². The Balaban J connectivity index is 1.48. The fourth-order valence-electron chi connectivity index (χ4n) is 3.71. The molecule has 206 valence electrons. The first-order chi connectivity index (χ1) is 19.8. The van der Waals surface area contributed by atoms with Crippen LogP contribution in [0.25, 0.3) is 6.08 Å². The van der Waals surface area contributed by atoms with Gasteiger partial charge in [0, 0.05) is 27.9 Å². The lowest BCUT2D eigenvalue weighted by Gasteiger charge is -2.13. The van der Waals surface area contributed by atoms with Crippen LogP contribution in [0, 0.1) is 10.1 Å². The first-order valence-corrected chi connectivity index (χ1v) is 13.4. The van der Waals surface area contributed by atoms with Crippen molar-refractivity contribution in [2.45, 2.75) is 17.1 Å². The van der Waals surface area contributed by atoms with Gasteiger partial charge in [-0.15, -0.1) is 11.8 Å². The molecule has 0 fully saturated rings. The summed E-state index contributed by atoms with van der Waals surface area (Å²) in [5, 5.41) is 19.3. The monoisotopic (exact) mass is 566 g/mol. The van der Waals surface area contributed by atoms with Crippen LogP contribution in [-0.4, -0.2) is 27.9 Å². The molecule has 0 spiro atoms. The van der Waals surface area contributed by atoms with E-state index in [0.29, 0.717) is 16.9 Å². The van der Waals surface area contributed by atoms with Crippen LogP contribution >= 0.6 is 11.8 Å². The summed E-state index contributed by atoms with van der Waals surface area (Å²) in [4.78, 5) is 50.4. The van der Waals surface area contributed by atoms with Crippen molar-refractivity contribution in [3.05, 3.63) is 136 Å². The van der Waals surface area contributed by atoms with Crippen LogP contribution in [0.15, 0.2) is 120 Å². The molecule has 0 aromatic heterocycles. The third kappa shape index (κ3) is 8.13. The molecule has 0 radical (unpaired) electrons. The van der Waals surface area contributed by atoms with Gasteiger partial charge in [-0.2, -0.15) is 0 Å².